The molecule has 154 valence electrons. The van der Waals surface area contributed by atoms with E-state index in [0.717, 1.165) is 23.3 Å². The Morgan fingerprint density at radius 3 is 2.30 bits per heavy atom. The van der Waals surface area contributed by atoms with Crippen molar-refractivity contribution in [1.29, 1.82) is 0 Å². The molecule has 0 aliphatic heterocycles. The molecule has 2 N–H and O–H groups in total. The second kappa shape index (κ2) is 11.0. The molecule has 0 spiro atoms. The summed E-state index contributed by atoms with van der Waals surface area (Å²) in [7, 11) is 5.13. The number of carbonyl (C=O) groups is 1. The van der Waals surface area contributed by atoms with Gasteiger partial charge < -0.3 is 20.1 Å². The number of hydrogen-bond donors (Lipinski definition) is 1. The van der Waals surface area contributed by atoms with E-state index in [2.05, 4.69) is 0 Å². The van der Waals surface area contributed by atoms with Crippen LogP contribution in [0.4, 0.5) is 0 Å². The zero-order chi connectivity index (χ0) is 19.2. The van der Waals surface area contributed by atoms with Crippen LogP contribution in [0.2, 0.25) is 0 Å². The molecule has 0 unspecified atom stereocenters. The van der Waals surface area contributed by atoms with Crippen molar-refractivity contribution in [2.24, 2.45) is 11.1 Å². The Morgan fingerprint density at radius 2 is 1.78 bits per heavy atom. The molecular weight excluding hydrogens is 384 g/mol. The SMILES string of the molecule is COc1cc(CN(C)C(=O)CC2(CN)CCCCC2)c(SC)cc1OC.Cl. The van der Waals surface area contributed by atoms with Crippen LogP contribution < -0.4 is 15.2 Å². The number of carbonyl (C=O) groups excluding carboxylic acids is 1. The van der Waals surface area contributed by atoms with Gasteiger partial charge in [0, 0.05) is 24.9 Å². The number of nitrogens with two attached hydrogens (primary N) is 1. The molecule has 1 amide bonds. The van der Waals surface area contributed by atoms with Crippen LogP contribution in [-0.2, 0) is 11.3 Å². The molecule has 0 atom stereocenters. The van der Waals surface area contributed by atoms with E-state index >= 15 is 0 Å². The average Bonchev–Trinajstić information content (AvgIpc) is 2.68. The van der Waals surface area contributed by atoms with Gasteiger partial charge in [-0.15, -0.1) is 24.2 Å². The van der Waals surface area contributed by atoms with E-state index in [1.165, 1.54) is 19.3 Å². The molecule has 1 aromatic carbocycles. The summed E-state index contributed by atoms with van der Waals surface area (Å²) in [6.07, 6.45) is 8.32. The fraction of sp³-hybridized carbons (Fsp3) is 0.650. The van der Waals surface area contributed by atoms with Gasteiger partial charge in [-0.05, 0) is 48.8 Å². The third-order valence-electron chi connectivity index (χ3n) is 5.49. The Bertz CT molecular complexity index is 621. The molecule has 1 saturated carbocycles. The Hall–Kier alpha value is -1.11. The number of thioether (sulfide) groups is 1. The maximum Gasteiger partial charge on any atom is 0.223 e. The van der Waals surface area contributed by atoms with Crippen molar-refractivity contribution >= 4 is 30.1 Å². The lowest BCUT2D eigenvalue weighted by atomic mass is 9.71. The number of ether oxygens (including phenoxy) is 2. The van der Waals surface area contributed by atoms with E-state index in [-0.39, 0.29) is 23.7 Å². The highest BCUT2D eigenvalue weighted by atomic mass is 35.5. The summed E-state index contributed by atoms with van der Waals surface area (Å²) in [6, 6.07) is 3.94. The number of rotatable bonds is 8. The van der Waals surface area contributed by atoms with E-state index in [4.69, 9.17) is 15.2 Å². The Balaban J connectivity index is 0.00000364. The van der Waals surface area contributed by atoms with Gasteiger partial charge in [-0.1, -0.05) is 19.3 Å². The van der Waals surface area contributed by atoms with Crippen molar-refractivity contribution in [3.8, 4) is 11.5 Å². The average molecular weight is 417 g/mol. The molecule has 1 aliphatic rings. The lowest BCUT2D eigenvalue weighted by Crippen LogP contribution is -2.39. The van der Waals surface area contributed by atoms with E-state index in [0.29, 0.717) is 31.0 Å². The minimum absolute atomic E-state index is 0. The van der Waals surface area contributed by atoms with Gasteiger partial charge in [0.2, 0.25) is 5.91 Å². The van der Waals surface area contributed by atoms with Crippen LogP contribution in [0.25, 0.3) is 0 Å². The molecule has 27 heavy (non-hydrogen) atoms. The lowest BCUT2D eigenvalue weighted by molar-refractivity contribution is -0.133. The minimum Gasteiger partial charge on any atom is -0.493 e. The minimum atomic E-state index is -0.0104. The molecule has 2 rings (SSSR count). The van der Waals surface area contributed by atoms with Crippen LogP contribution in [0.3, 0.4) is 0 Å². The van der Waals surface area contributed by atoms with E-state index < -0.39 is 0 Å². The largest absolute Gasteiger partial charge is 0.493 e. The summed E-state index contributed by atoms with van der Waals surface area (Å²) in [6.45, 7) is 1.15. The molecule has 0 aromatic heterocycles. The van der Waals surface area contributed by atoms with Crippen molar-refractivity contribution < 1.29 is 14.3 Å². The van der Waals surface area contributed by atoms with Gasteiger partial charge in [-0.25, -0.2) is 0 Å². The third-order valence-corrected chi connectivity index (χ3v) is 6.31. The molecule has 0 saturated heterocycles. The first-order chi connectivity index (χ1) is 12.5. The van der Waals surface area contributed by atoms with Gasteiger partial charge in [0.05, 0.1) is 14.2 Å². The molecule has 1 aromatic rings. The topological polar surface area (TPSA) is 64.8 Å². The fourth-order valence-electron chi connectivity index (χ4n) is 3.77. The summed E-state index contributed by atoms with van der Waals surface area (Å²) in [5, 5.41) is 0. The first-order valence-electron chi connectivity index (χ1n) is 9.21. The Morgan fingerprint density at radius 1 is 1.19 bits per heavy atom. The standard InChI is InChI=1S/C20H32N2O3S.ClH/c1-22(19(23)12-20(14-21)8-6-5-7-9-20)13-15-10-16(24-2)17(25-3)11-18(15)26-4;/h10-11H,5-9,12-14,21H2,1-4H3;1H. The smallest absolute Gasteiger partial charge is 0.223 e. The first kappa shape index (κ1) is 23.9. The van der Waals surface area contributed by atoms with Crippen LogP contribution >= 0.6 is 24.2 Å². The normalized spacial score (nSPS) is 15.6. The molecule has 1 fully saturated rings. The zero-order valence-electron chi connectivity index (χ0n) is 16.9. The van der Waals surface area contributed by atoms with Gasteiger partial charge in [0.25, 0.3) is 0 Å². The van der Waals surface area contributed by atoms with Crippen molar-refractivity contribution in [2.75, 3.05) is 34.1 Å². The predicted octanol–water partition coefficient (Wildman–Crippen LogP) is 4.11. The first-order valence-corrected chi connectivity index (χ1v) is 10.4. The zero-order valence-corrected chi connectivity index (χ0v) is 18.5. The molecule has 1 aliphatic carbocycles. The van der Waals surface area contributed by atoms with Crippen molar-refractivity contribution in [1.82, 2.24) is 4.90 Å². The maximum atomic E-state index is 12.9. The molecule has 0 radical (unpaired) electrons. The van der Waals surface area contributed by atoms with Crippen LogP contribution in [0.5, 0.6) is 11.5 Å². The highest BCUT2D eigenvalue weighted by molar-refractivity contribution is 7.98. The number of benzene rings is 1. The predicted molar refractivity (Wildman–Crippen MR) is 114 cm³/mol. The van der Waals surface area contributed by atoms with Crippen LogP contribution in [0.15, 0.2) is 17.0 Å². The van der Waals surface area contributed by atoms with Gasteiger partial charge in [-0.2, -0.15) is 0 Å². The number of nitrogens with zero attached hydrogens (tertiary/aromatic N) is 1. The second-order valence-corrected chi connectivity index (χ2v) is 8.06. The van der Waals surface area contributed by atoms with Gasteiger partial charge in [-0.3, -0.25) is 4.79 Å². The summed E-state index contributed by atoms with van der Waals surface area (Å²) >= 11 is 1.64. The summed E-state index contributed by atoms with van der Waals surface area (Å²) in [4.78, 5) is 15.8. The quantitative estimate of drug-likeness (QED) is 0.646. The second-order valence-electron chi connectivity index (χ2n) is 7.21. The lowest BCUT2D eigenvalue weighted by Gasteiger charge is -2.36. The molecule has 0 bridgehead atoms. The molecular formula is C20H33ClN2O3S. The fourth-order valence-corrected chi connectivity index (χ4v) is 4.38. The third kappa shape index (κ3) is 5.93. The number of halogens is 1. The van der Waals surface area contributed by atoms with Crippen LogP contribution in [0, 0.1) is 5.41 Å². The number of methoxy groups -OCH3 is 2. The van der Waals surface area contributed by atoms with E-state index in [9.17, 15) is 4.79 Å². The maximum absolute atomic E-state index is 12.9. The van der Waals surface area contributed by atoms with Crippen molar-refractivity contribution in [3.63, 3.8) is 0 Å². The summed E-state index contributed by atoms with van der Waals surface area (Å²) in [5.41, 5.74) is 7.11. The van der Waals surface area contributed by atoms with Gasteiger partial charge in [0.1, 0.15) is 0 Å². The Kier molecular flexibility index (Phi) is 9.77. The molecule has 7 heteroatoms. The van der Waals surface area contributed by atoms with E-state index in [1.807, 2.05) is 30.3 Å². The van der Waals surface area contributed by atoms with Gasteiger partial charge in [0.15, 0.2) is 11.5 Å². The van der Waals surface area contributed by atoms with Crippen LogP contribution in [-0.4, -0.2) is 44.9 Å². The number of hydrogen-bond acceptors (Lipinski definition) is 5. The molecule has 5 nitrogen and oxygen atoms in total. The molecule has 0 heterocycles. The number of amides is 1. The monoisotopic (exact) mass is 416 g/mol. The van der Waals surface area contributed by atoms with Crippen molar-refractivity contribution in [3.05, 3.63) is 17.7 Å². The van der Waals surface area contributed by atoms with E-state index in [1.54, 1.807) is 26.0 Å². The van der Waals surface area contributed by atoms with Gasteiger partial charge >= 0.3 is 0 Å². The highest BCUT2D eigenvalue weighted by Gasteiger charge is 2.34. The summed E-state index contributed by atoms with van der Waals surface area (Å²) in [5.74, 6) is 1.56. The van der Waals surface area contributed by atoms with Crippen molar-refractivity contribution in [2.45, 2.75) is 50.0 Å². The highest BCUT2D eigenvalue weighted by Crippen LogP contribution is 2.39. The van der Waals surface area contributed by atoms with Crippen LogP contribution in [0.1, 0.15) is 44.1 Å². The summed E-state index contributed by atoms with van der Waals surface area (Å²) < 4.78 is 10.8. The Labute approximate surface area is 173 Å².